The van der Waals surface area contributed by atoms with E-state index in [2.05, 4.69) is 15.0 Å². The van der Waals surface area contributed by atoms with Crippen molar-refractivity contribution < 1.29 is 18.4 Å². The second-order valence-corrected chi connectivity index (χ2v) is 9.50. The normalized spacial score (nSPS) is 17.3. The molecule has 161 valence electrons. The SMILES string of the molecule is Cc1ccc2nc(S(=O)Cc3nccc(OCC4COC(C)(C)OC4)c3C)[nH]c2c1.[Na]. The van der Waals surface area contributed by atoms with E-state index in [0.717, 1.165) is 33.6 Å². The fraction of sp³-hybridized carbons (Fsp3) is 0.455. The third kappa shape index (κ3) is 5.94. The summed E-state index contributed by atoms with van der Waals surface area (Å²) < 4.78 is 30.3. The molecule has 1 aliphatic rings. The van der Waals surface area contributed by atoms with Crippen LogP contribution >= 0.6 is 0 Å². The Kier molecular flexibility index (Phi) is 7.94. The van der Waals surface area contributed by atoms with Gasteiger partial charge < -0.3 is 19.2 Å². The monoisotopic (exact) mass is 452 g/mol. The molecule has 7 nitrogen and oxygen atoms in total. The van der Waals surface area contributed by atoms with Crippen LogP contribution in [0.3, 0.4) is 0 Å². The average molecular weight is 453 g/mol. The van der Waals surface area contributed by atoms with Crippen LogP contribution in [0.15, 0.2) is 35.6 Å². The number of aromatic nitrogens is 3. The minimum absolute atomic E-state index is 0. The van der Waals surface area contributed by atoms with E-state index >= 15 is 0 Å². The summed E-state index contributed by atoms with van der Waals surface area (Å²) in [5.74, 6) is 0.644. The average Bonchev–Trinajstić information content (AvgIpc) is 3.13. The maximum absolute atomic E-state index is 12.9. The molecule has 3 aromatic rings. The van der Waals surface area contributed by atoms with Crippen molar-refractivity contribution >= 4 is 51.4 Å². The Morgan fingerprint density at radius 2 is 1.97 bits per heavy atom. The Hall–Kier alpha value is -1.29. The van der Waals surface area contributed by atoms with E-state index < -0.39 is 16.6 Å². The van der Waals surface area contributed by atoms with Crippen molar-refractivity contribution in [3.05, 3.63) is 47.3 Å². The van der Waals surface area contributed by atoms with Gasteiger partial charge in [-0.05, 0) is 51.5 Å². The number of H-pyrrole nitrogens is 1. The number of pyridine rings is 1. The minimum atomic E-state index is -1.33. The summed E-state index contributed by atoms with van der Waals surface area (Å²) in [5, 5.41) is 0.460. The zero-order chi connectivity index (χ0) is 21.3. The molecule has 1 saturated heterocycles. The Morgan fingerprint density at radius 1 is 1.23 bits per heavy atom. The molecule has 1 atom stereocenters. The molecule has 9 heteroatoms. The predicted octanol–water partition coefficient (Wildman–Crippen LogP) is 3.28. The van der Waals surface area contributed by atoms with Crippen LogP contribution in [-0.4, -0.2) is 74.3 Å². The molecule has 1 aliphatic heterocycles. The van der Waals surface area contributed by atoms with Crippen molar-refractivity contribution in [1.82, 2.24) is 15.0 Å². The van der Waals surface area contributed by atoms with E-state index in [-0.39, 0.29) is 41.2 Å². The summed E-state index contributed by atoms with van der Waals surface area (Å²) in [7, 11) is -1.33. The number of hydrogen-bond donors (Lipinski definition) is 1. The third-order valence-electron chi connectivity index (χ3n) is 5.17. The number of hydrogen-bond acceptors (Lipinski definition) is 6. The predicted molar refractivity (Wildman–Crippen MR) is 121 cm³/mol. The Morgan fingerprint density at radius 3 is 2.71 bits per heavy atom. The molecule has 1 N–H and O–H groups in total. The number of fused-ring (bicyclic) bond motifs is 1. The maximum atomic E-state index is 12.9. The molecule has 0 bridgehead atoms. The number of nitrogens with one attached hydrogen (secondary N) is 1. The summed E-state index contributed by atoms with van der Waals surface area (Å²) in [4.78, 5) is 12.1. The van der Waals surface area contributed by atoms with Crippen LogP contribution in [0.1, 0.15) is 30.7 Å². The Bertz CT molecular complexity index is 1080. The molecule has 0 spiro atoms. The number of benzene rings is 1. The number of imidazole rings is 1. The molecule has 1 fully saturated rings. The van der Waals surface area contributed by atoms with Gasteiger partial charge in [0.2, 0.25) is 0 Å². The Balaban J connectivity index is 0.00000272. The number of ether oxygens (including phenoxy) is 3. The van der Waals surface area contributed by atoms with Crippen LogP contribution in [0.5, 0.6) is 5.75 Å². The van der Waals surface area contributed by atoms with Gasteiger partial charge in [-0.15, -0.1) is 0 Å². The molecule has 1 aromatic carbocycles. The van der Waals surface area contributed by atoms with Crippen LogP contribution < -0.4 is 4.74 Å². The topological polar surface area (TPSA) is 86.3 Å². The van der Waals surface area contributed by atoms with Crippen LogP contribution in [0.4, 0.5) is 0 Å². The zero-order valence-corrected chi connectivity index (χ0v) is 21.5. The van der Waals surface area contributed by atoms with Gasteiger partial charge in [-0.3, -0.25) is 9.19 Å². The van der Waals surface area contributed by atoms with Crippen molar-refractivity contribution in [2.45, 2.75) is 44.4 Å². The van der Waals surface area contributed by atoms with Crippen LogP contribution in [0.25, 0.3) is 11.0 Å². The van der Waals surface area contributed by atoms with Gasteiger partial charge >= 0.3 is 0 Å². The fourth-order valence-electron chi connectivity index (χ4n) is 3.29. The minimum Gasteiger partial charge on any atom is -0.493 e. The van der Waals surface area contributed by atoms with Gasteiger partial charge in [0.1, 0.15) is 5.75 Å². The largest absolute Gasteiger partial charge is 0.493 e. The van der Waals surface area contributed by atoms with Gasteiger partial charge in [-0.25, -0.2) is 4.98 Å². The summed E-state index contributed by atoms with van der Waals surface area (Å²) in [6.45, 7) is 9.46. The second kappa shape index (κ2) is 10.1. The molecule has 31 heavy (non-hydrogen) atoms. The molecule has 1 radical (unpaired) electrons. The van der Waals surface area contributed by atoms with Gasteiger partial charge in [0.05, 0.1) is 53.1 Å². The van der Waals surface area contributed by atoms with Gasteiger partial charge in [0.15, 0.2) is 10.9 Å². The van der Waals surface area contributed by atoms with Crippen molar-refractivity contribution in [2.75, 3.05) is 19.8 Å². The van der Waals surface area contributed by atoms with E-state index in [1.165, 1.54) is 0 Å². The van der Waals surface area contributed by atoms with Crippen molar-refractivity contribution in [1.29, 1.82) is 0 Å². The maximum Gasteiger partial charge on any atom is 0.197 e. The van der Waals surface area contributed by atoms with Gasteiger partial charge in [-0.2, -0.15) is 0 Å². The van der Waals surface area contributed by atoms with Crippen molar-refractivity contribution in [2.24, 2.45) is 5.92 Å². The molecular formula is C22H27N3NaO4S. The van der Waals surface area contributed by atoms with Crippen molar-refractivity contribution in [3.8, 4) is 5.75 Å². The third-order valence-corrected chi connectivity index (χ3v) is 6.33. The molecular weight excluding hydrogens is 425 g/mol. The van der Waals surface area contributed by atoms with Gasteiger partial charge in [0.25, 0.3) is 0 Å². The molecule has 0 saturated carbocycles. The standard InChI is InChI=1S/C22H27N3O4S.Na/c1-14-5-6-17-18(9-14)25-21(24-17)30(26)13-19-15(2)20(7-8-23-19)27-10-16-11-28-22(3,4)29-12-16;/h5-9,16H,10-13H2,1-4H3,(H,24,25);. The van der Waals surface area contributed by atoms with E-state index in [1.54, 1.807) is 6.20 Å². The van der Waals surface area contributed by atoms with E-state index in [1.807, 2.05) is 52.0 Å². The van der Waals surface area contributed by atoms with Gasteiger partial charge in [0, 0.05) is 47.2 Å². The van der Waals surface area contributed by atoms with E-state index in [4.69, 9.17) is 14.2 Å². The summed E-state index contributed by atoms with van der Waals surface area (Å²) in [6.07, 6.45) is 1.69. The van der Waals surface area contributed by atoms with E-state index in [0.29, 0.717) is 25.0 Å². The first-order valence-corrected chi connectivity index (χ1v) is 11.3. The smallest absolute Gasteiger partial charge is 0.197 e. The van der Waals surface area contributed by atoms with Crippen LogP contribution in [0.2, 0.25) is 0 Å². The Labute approximate surface area is 207 Å². The summed E-state index contributed by atoms with van der Waals surface area (Å²) in [5.41, 5.74) is 4.45. The van der Waals surface area contributed by atoms with Crippen LogP contribution in [0, 0.1) is 19.8 Å². The molecule has 1 unspecified atom stereocenters. The molecule has 0 aliphatic carbocycles. The number of aromatic amines is 1. The molecule has 0 amide bonds. The summed E-state index contributed by atoms with van der Waals surface area (Å²) >= 11 is 0. The second-order valence-electron chi connectivity index (χ2n) is 8.13. The number of rotatable bonds is 6. The first-order valence-electron chi connectivity index (χ1n) is 10.0. The quantitative estimate of drug-likeness (QED) is 0.578. The number of nitrogens with zero attached hydrogens (tertiary/aromatic N) is 2. The van der Waals surface area contributed by atoms with Crippen molar-refractivity contribution in [3.63, 3.8) is 0 Å². The van der Waals surface area contributed by atoms with Gasteiger partial charge in [-0.1, -0.05) is 6.07 Å². The van der Waals surface area contributed by atoms with Crippen LogP contribution in [-0.2, 0) is 26.0 Å². The van der Waals surface area contributed by atoms with E-state index in [9.17, 15) is 4.21 Å². The molecule has 4 rings (SSSR count). The first-order chi connectivity index (χ1) is 14.3. The number of aryl methyl sites for hydroxylation is 1. The molecule has 2 aromatic heterocycles. The fourth-order valence-corrected chi connectivity index (χ4v) is 4.39. The summed E-state index contributed by atoms with van der Waals surface area (Å²) in [6, 6.07) is 7.76. The molecule has 3 heterocycles. The first kappa shape index (κ1) is 24.4. The zero-order valence-electron chi connectivity index (χ0n) is 18.7.